The highest BCUT2D eigenvalue weighted by Crippen LogP contribution is 2.35. The number of rotatable bonds is 7. The Hall–Kier alpha value is -2.21. The van der Waals surface area contributed by atoms with Crippen molar-refractivity contribution >= 4 is 28.3 Å². The zero-order valence-corrected chi connectivity index (χ0v) is 19.0. The lowest BCUT2D eigenvalue weighted by atomic mass is 10.1. The Morgan fingerprint density at radius 3 is 2.29 bits per heavy atom. The fraction of sp³-hybridized carbons (Fsp3) is 0.250. The number of anilines is 1. The summed E-state index contributed by atoms with van der Waals surface area (Å²) in [5.74, 6) is 1.55. The van der Waals surface area contributed by atoms with Gasteiger partial charge in [-0.2, -0.15) is 0 Å². The Kier molecular flexibility index (Phi) is 6.83. The number of benzene rings is 3. The van der Waals surface area contributed by atoms with Gasteiger partial charge in [0.05, 0.1) is 10.7 Å². The highest BCUT2D eigenvalue weighted by Gasteiger charge is 2.12. The number of ether oxygens (including phenoxy) is 2. The number of hydrogen-bond acceptors (Lipinski definition) is 3. The summed E-state index contributed by atoms with van der Waals surface area (Å²) >= 11 is 2.31. The maximum absolute atomic E-state index is 6.08. The van der Waals surface area contributed by atoms with E-state index in [9.17, 15) is 0 Å². The van der Waals surface area contributed by atoms with Crippen LogP contribution < -0.4 is 14.8 Å². The molecule has 28 heavy (non-hydrogen) atoms. The first kappa shape index (κ1) is 20.5. The van der Waals surface area contributed by atoms with Crippen LogP contribution in [0.15, 0.2) is 54.6 Å². The Balaban J connectivity index is 1.71. The molecule has 0 atom stereocenters. The van der Waals surface area contributed by atoms with Crippen molar-refractivity contribution < 1.29 is 9.47 Å². The third-order valence-electron chi connectivity index (χ3n) is 4.80. The van der Waals surface area contributed by atoms with Gasteiger partial charge < -0.3 is 14.8 Å². The summed E-state index contributed by atoms with van der Waals surface area (Å²) in [7, 11) is 1.69. The maximum Gasteiger partial charge on any atom is 0.174 e. The molecule has 0 aliphatic rings. The van der Waals surface area contributed by atoms with E-state index in [4.69, 9.17) is 9.47 Å². The summed E-state index contributed by atoms with van der Waals surface area (Å²) in [4.78, 5) is 0. The van der Waals surface area contributed by atoms with E-state index >= 15 is 0 Å². The van der Waals surface area contributed by atoms with Crippen LogP contribution in [0, 0.1) is 24.3 Å². The molecule has 0 spiro atoms. The predicted octanol–water partition coefficient (Wildman–Crippen LogP) is 6.42. The molecule has 3 aromatic rings. The standard InChI is InChI=1S/C24H26INO2/c1-16-5-8-19(9-6-16)15-28-24-22(25)12-20(13-23(24)27-4)14-26-21-10-7-17(2)18(3)11-21/h5-13,26H,14-15H2,1-4H3. The van der Waals surface area contributed by atoms with Crippen LogP contribution in [0.2, 0.25) is 0 Å². The Morgan fingerprint density at radius 1 is 0.857 bits per heavy atom. The Bertz CT molecular complexity index is 952. The molecule has 1 N–H and O–H groups in total. The van der Waals surface area contributed by atoms with Crippen molar-refractivity contribution in [1.82, 2.24) is 0 Å². The molecule has 0 radical (unpaired) electrons. The molecule has 0 bridgehead atoms. The quantitative estimate of drug-likeness (QED) is 0.391. The molecule has 0 unspecified atom stereocenters. The van der Waals surface area contributed by atoms with E-state index in [-0.39, 0.29) is 0 Å². The van der Waals surface area contributed by atoms with Crippen molar-refractivity contribution in [2.45, 2.75) is 33.9 Å². The second kappa shape index (κ2) is 9.32. The molecule has 0 fully saturated rings. The van der Waals surface area contributed by atoms with Crippen LogP contribution in [0.3, 0.4) is 0 Å². The zero-order chi connectivity index (χ0) is 20.1. The number of halogens is 1. The summed E-state index contributed by atoms with van der Waals surface area (Å²) in [6.07, 6.45) is 0. The largest absolute Gasteiger partial charge is 0.493 e. The lowest BCUT2D eigenvalue weighted by Crippen LogP contribution is -2.04. The molecule has 0 saturated carbocycles. The highest BCUT2D eigenvalue weighted by atomic mass is 127. The van der Waals surface area contributed by atoms with Gasteiger partial charge in [0.25, 0.3) is 0 Å². The molecule has 0 aromatic heterocycles. The normalized spacial score (nSPS) is 10.6. The molecule has 0 aliphatic heterocycles. The third-order valence-corrected chi connectivity index (χ3v) is 5.60. The van der Waals surface area contributed by atoms with Crippen LogP contribution in [0.1, 0.15) is 27.8 Å². The van der Waals surface area contributed by atoms with Crippen molar-refractivity contribution in [3.8, 4) is 11.5 Å². The monoisotopic (exact) mass is 487 g/mol. The smallest absolute Gasteiger partial charge is 0.174 e. The van der Waals surface area contributed by atoms with Crippen LogP contribution in [0.25, 0.3) is 0 Å². The van der Waals surface area contributed by atoms with Crippen molar-refractivity contribution in [3.63, 3.8) is 0 Å². The predicted molar refractivity (Wildman–Crippen MR) is 124 cm³/mol. The van der Waals surface area contributed by atoms with Gasteiger partial charge in [0.2, 0.25) is 0 Å². The van der Waals surface area contributed by atoms with Crippen molar-refractivity contribution in [3.05, 3.63) is 86.0 Å². The van der Waals surface area contributed by atoms with E-state index in [1.165, 1.54) is 16.7 Å². The molecule has 4 heteroatoms. The second-order valence-electron chi connectivity index (χ2n) is 7.04. The molecule has 0 amide bonds. The summed E-state index contributed by atoms with van der Waals surface area (Å²) in [6, 6.07) is 19.0. The van der Waals surface area contributed by atoms with Gasteiger partial charge in [0.15, 0.2) is 11.5 Å². The van der Waals surface area contributed by atoms with E-state index in [0.29, 0.717) is 6.61 Å². The van der Waals surface area contributed by atoms with Crippen LogP contribution in [-0.2, 0) is 13.2 Å². The molecule has 0 aliphatic carbocycles. The third kappa shape index (κ3) is 5.19. The molecule has 3 nitrogen and oxygen atoms in total. The van der Waals surface area contributed by atoms with Gasteiger partial charge in [-0.15, -0.1) is 0 Å². The number of nitrogens with one attached hydrogen (secondary N) is 1. The molecule has 3 rings (SSSR count). The van der Waals surface area contributed by atoms with E-state index in [1.807, 2.05) is 6.07 Å². The van der Waals surface area contributed by atoms with Gasteiger partial charge in [-0.3, -0.25) is 0 Å². The summed E-state index contributed by atoms with van der Waals surface area (Å²) in [6.45, 7) is 7.59. The molecular weight excluding hydrogens is 461 g/mol. The number of methoxy groups -OCH3 is 1. The Labute approximate surface area is 181 Å². The maximum atomic E-state index is 6.08. The van der Waals surface area contributed by atoms with Crippen molar-refractivity contribution in [1.29, 1.82) is 0 Å². The zero-order valence-electron chi connectivity index (χ0n) is 16.8. The highest BCUT2D eigenvalue weighted by molar-refractivity contribution is 14.1. The van der Waals surface area contributed by atoms with Gasteiger partial charge in [0.1, 0.15) is 6.61 Å². The molecular formula is C24H26INO2. The lowest BCUT2D eigenvalue weighted by Gasteiger charge is -2.15. The van der Waals surface area contributed by atoms with Crippen LogP contribution in [-0.4, -0.2) is 7.11 Å². The lowest BCUT2D eigenvalue weighted by molar-refractivity contribution is 0.282. The summed E-state index contributed by atoms with van der Waals surface area (Å²) in [5.41, 5.74) is 7.26. The van der Waals surface area contributed by atoms with Crippen LogP contribution in [0.4, 0.5) is 5.69 Å². The van der Waals surface area contributed by atoms with Crippen LogP contribution >= 0.6 is 22.6 Å². The minimum atomic E-state index is 0.521. The Morgan fingerprint density at radius 2 is 1.61 bits per heavy atom. The second-order valence-corrected chi connectivity index (χ2v) is 8.20. The van der Waals surface area contributed by atoms with E-state index in [2.05, 4.69) is 97.2 Å². The molecule has 0 heterocycles. The fourth-order valence-electron chi connectivity index (χ4n) is 2.91. The molecule has 146 valence electrons. The van der Waals surface area contributed by atoms with Gasteiger partial charge >= 0.3 is 0 Å². The molecule has 3 aromatic carbocycles. The van der Waals surface area contributed by atoms with E-state index in [0.717, 1.165) is 38.4 Å². The number of hydrogen-bond donors (Lipinski definition) is 1. The SMILES string of the molecule is COc1cc(CNc2ccc(C)c(C)c2)cc(I)c1OCc1ccc(C)cc1. The average molecular weight is 487 g/mol. The van der Waals surface area contributed by atoms with E-state index in [1.54, 1.807) is 7.11 Å². The van der Waals surface area contributed by atoms with Gasteiger partial charge in [-0.05, 0) is 89.9 Å². The minimum Gasteiger partial charge on any atom is -0.493 e. The fourth-order valence-corrected chi connectivity index (χ4v) is 3.73. The molecule has 0 saturated heterocycles. The van der Waals surface area contributed by atoms with Gasteiger partial charge in [0, 0.05) is 12.2 Å². The minimum absolute atomic E-state index is 0.521. The van der Waals surface area contributed by atoms with Crippen molar-refractivity contribution in [2.24, 2.45) is 0 Å². The van der Waals surface area contributed by atoms with Crippen LogP contribution in [0.5, 0.6) is 11.5 Å². The summed E-state index contributed by atoms with van der Waals surface area (Å²) < 4.78 is 12.7. The first-order valence-electron chi connectivity index (χ1n) is 9.32. The average Bonchev–Trinajstić information content (AvgIpc) is 2.69. The van der Waals surface area contributed by atoms with Crippen molar-refractivity contribution in [2.75, 3.05) is 12.4 Å². The van der Waals surface area contributed by atoms with Gasteiger partial charge in [-0.25, -0.2) is 0 Å². The topological polar surface area (TPSA) is 30.5 Å². The van der Waals surface area contributed by atoms with Gasteiger partial charge in [-0.1, -0.05) is 35.9 Å². The van der Waals surface area contributed by atoms with E-state index < -0.39 is 0 Å². The summed E-state index contributed by atoms with van der Waals surface area (Å²) in [5, 5.41) is 3.49. The first-order chi connectivity index (χ1) is 13.5. The first-order valence-corrected chi connectivity index (χ1v) is 10.4. The number of aryl methyl sites for hydroxylation is 3.